The first-order valence-electron chi connectivity index (χ1n) is 13.0. The maximum absolute atomic E-state index is 12.2. The lowest BCUT2D eigenvalue weighted by Gasteiger charge is -2.33. The quantitative estimate of drug-likeness (QED) is 0.592. The van der Waals surface area contributed by atoms with Crippen molar-refractivity contribution in [3.8, 4) is 5.88 Å². The predicted octanol–water partition coefficient (Wildman–Crippen LogP) is 4.31. The van der Waals surface area contributed by atoms with Gasteiger partial charge in [-0.1, -0.05) is 0 Å². The lowest BCUT2D eigenvalue weighted by Crippen LogP contribution is -2.44. The van der Waals surface area contributed by atoms with E-state index in [4.69, 9.17) is 14.2 Å². The van der Waals surface area contributed by atoms with Crippen molar-refractivity contribution >= 4 is 29.7 Å². The molecule has 3 aliphatic heterocycles. The van der Waals surface area contributed by atoms with Gasteiger partial charge in [0.25, 0.3) is 0 Å². The molecule has 2 aromatic rings. The van der Waals surface area contributed by atoms with Gasteiger partial charge in [-0.2, -0.15) is 0 Å². The summed E-state index contributed by atoms with van der Waals surface area (Å²) in [5.41, 5.74) is 2.51. The third kappa shape index (κ3) is 7.55. The number of hydrogen-bond acceptors (Lipinski definition) is 8. The van der Waals surface area contributed by atoms with Gasteiger partial charge in [0.15, 0.2) is 0 Å². The number of rotatable bonds is 5. The Labute approximate surface area is 218 Å². The second-order valence-corrected chi connectivity index (χ2v) is 10.3. The van der Waals surface area contributed by atoms with Gasteiger partial charge in [0.2, 0.25) is 12.3 Å². The first-order chi connectivity index (χ1) is 17.8. The summed E-state index contributed by atoms with van der Waals surface area (Å²) in [6.07, 6.45) is 6.77. The molecule has 10 nitrogen and oxygen atoms in total. The summed E-state index contributed by atoms with van der Waals surface area (Å²) in [4.78, 5) is 35.5. The summed E-state index contributed by atoms with van der Waals surface area (Å²) in [5, 5.41) is 2.69. The van der Waals surface area contributed by atoms with Crippen molar-refractivity contribution in [2.45, 2.75) is 64.6 Å². The van der Waals surface area contributed by atoms with Crippen LogP contribution in [0.3, 0.4) is 0 Å². The highest BCUT2D eigenvalue weighted by molar-refractivity contribution is 5.76. The standard InChI is InChI=1S/C23H29N5O4.C4H8O/c1-23(2,3)32-22(30)27-9-7-18(8-10-27)31-21-13-20(24-14-25-21)28-11-6-16-12-17(26-15-29)4-5-19(16)28;1-2-4-5-3-1/h4-5,12-15,18H,6-11H2,1-3H3,(H,26,29);1-4H2. The van der Waals surface area contributed by atoms with Crippen molar-refractivity contribution in [3.05, 3.63) is 36.2 Å². The molecule has 0 saturated carbocycles. The number of hydrogen-bond donors (Lipinski definition) is 1. The molecule has 0 radical (unpaired) electrons. The number of amides is 2. The zero-order chi connectivity index (χ0) is 26.3. The van der Waals surface area contributed by atoms with Gasteiger partial charge in [-0.25, -0.2) is 14.8 Å². The van der Waals surface area contributed by atoms with Crippen LogP contribution in [-0.4, -0.2) is 71.9 Å². The summed E-state index contributed by atoms with van der Waals surface area (Å²) < 4.78 is 16.5. The summed E-state index contributed by atoms with van der Waals surface area (Å²) in [7, 11) is 0. The maximum atomic E-state index is 12.2. The molecule has 1 aromatic carbocycles. The van der Waals surface area contributed by atoms with Crippen LogP contribution < -0.4 is 15.0 Å². The molecular formula is C27H37N5O5. The fourth-order valence-corrected chi connectivity index (χ4v) is 4.50. The van der Waals surface area contributed by atoms with E-state index in [1.165, 1.54) is 19.2 Å². The smallest absolute Gasteiger partial charge is 0.410 e. The molecule has 1 N–H and O–H groups in total. The Morgan fingerprint density at radius 3 is 2.51 bits per heavy atom. The van der Waals surface area contributed by atoms with Crippen molar-refractivity contribution < 1.29 is 23.8 Å². The number of piperidine rings is 1. The van der Waals surface area contributed by atoms with Gasteiger partial charge >= 0.3 is 6.09 Å². The van der Waals surface area contributed by atoms with Crippen LogP contribution >= 0.6 is 0 Å². The summed E-state index contributed by atoms with van der Waals surface area (Å²) in [6.45, 7) is 9.58. The van der Waals surface area contributed by atoms with Gasteiger partial charge in [0.1, 0.15) is 23.9 Å². The molecule has 2 fully saturated rings. The second kappa shape index (κ2) is 12.2. The Morgan fingerprint density at radius 1 is 1.11 bits per heavy atom. The van der Waals surface area contributed by atoms with Crippen LogP contribution in [0.2, 0.25) is 0 Å². The Balaban J connectivity index is 0.000000572. The lowest BCUT2D eigenvalue weighted by atomic mass is 10.1. The minimum absolute atomic E-state index is 0.0146. The van der Waals surface area contributed by atoms with Crippen molar-refractivity contribution in [1.29, 1.82) is 0 Å². The van der Waals surface area contributed by atoms with E-state index >= 15 is 0 Å². The van der Waals surface area contributed by atoms with Crippen LogP contribution in [-0.2, 0) is 20.7 Å². The highest BCUT2D eigenvalue weighted by Gasteiger charge is 2.28. The zero-order valence-corrected chi connectivity index (χ0v) is 21.9. The topological polar surface area (TPSA) is 106 Å². The van der Waals surface area contributed by atoms with Gasteiger partial charge < -0.3 is 29.3 Å². The zero-order valence-electron chi connectivity index (χ0n) is 21.9. The number of fused-ring (bicyclic) bond motifs is 1. The fourth-order valence-electron chi connectivity index (χ4n) is 4.50. The lowest BCUT2D eigenvalue weighted by molar-refractivity contribution is -0.105. The minimum atomic E-state index is -0.497. The summed E-state index contributed by atoms with van der Waals surface area (Å²) >= 11 is 0. The summed E-state index contributed by atoms with van der Waals surface area (Å²) in [6, 6.07) is 7.71. The van der Waals surface area contributed by atoms with E-state index in [2.05, 4.69) is 20.2 Å². The number of carbonyl (C=O) groups excluding carboxylic acids is 2. The maximum Gasteiger partial charge on any atom is 0.410 e. The van der Waals surface area contributed by atoms with Crippen molar-refractivity contribution in [3.63, 3.8) is 0 Å². The van der Waals surface area contributed by atoms with Gasteiger partial charge in [-0.3, -0.25) is 4.79 Å². The van der Waals surface area contributed by atoms with Crippen molar-refractivity contribution in [2.75, 3.05) is 43.1 Å². The Bertz CT molecular complexity index is 1050. The number of anilines is 3. The van der Waals surface area contributed by atoms with Gasteiger partial charge in [0, 0.05) is 63.1 Å². The summed E-state index contributed by atoms with van der Waals surface area (Å²) in [5.74, 6) is 1.30. The molecule has 0 spiro atoms. The largest absolute Gasteiger partial charge is 0.474 e. The van der Waals surface area contributed by atoms with Crippen LogP contribution in [0.5, 0.6) is 5.88 Å². The van der Waals surface area contributed by atoms with E-state index in [-0.39, 0.29) is 12.2 Å². The number of carbonyl (C=O) groups is 2. The molecule has 0 aliphatic carbocycles. The van der Waals surface area contributed by atoms with E-state index in [0.717, 1.165) is 61.8 Å². The average Bonchev–Trinajstić information content (AvgIpc) is 3.57. The molecule has 1 aromatic heterocycles. The highest BCUT2D eigenvalue weighted by atomic mass is 16.6. The molecule has 200 valence electrons. The first kappa shape index (κ1) is 26.7. The number of ether oxygens (including phenoxy) is 3. The van der Waals surface area contributed by atoms with Crippen LogP contribution in [0.4, 0.5) is 22.0 Å². The van der Waals surface area contributed by atoms with Gasteiger partial charge in [-0.05, 0) is 63.8 Å². The molecule has 10 heteroatoms. The molecule has 0 atom stereocenters. The fraction of sp³-hybridized carbons (Fsp3) is 0.556. The molecule has 5 rings (SSSR count). The van der Waals surface area contributed by atoms with Gasteiger partial charge in [-0.15, -0.1) is 0 Å². The van der Waals surface area contributed by atoms with Crippen molar-refractivity contribution in [2.24, 2.45) is 0 Å². The highest BCUT2D eigenvalue weighted by Crippen LogP contribution is 2.36. The number of benzene rings is 1. The predicted molar refractivity (Wildman–Crippen MR) is 140 cm³/mol. The van der Waals surface area contributed by atoms with Crippen LogP contribution in [0.25, 0.3) is 0 Å². The molecular weight excluding hydrogens is 474 g/mol. The third-order valence-corrected chi connectivity index (χ3v) is 6.31. The molecule has 4 heterocycles. The normalized spacial score (nSPS) is 17.5. The Hall–Kier alpha value is -3.40. The van der Waals surface area contributed by atoms with Crippen molar-refractivity contribution in [1.82, 2.24) is 14.9 Å². The SMILES string of the molecule is C1CCOC1.CC(C)(C)OC(=O)N1CCC(Oc2cc(N3CCc4cc(NC=O)ccc43)ncn2)CC1. The molecule has 2 amide bonds. The van der Waals surface area contributed by atoms with E-state index in [0.29, 0.717) is 25.4 Å². The molecule has 0 unspecified atom stereocenters. The molecule has 2 saturated heterocycles. The molecule has 37 heavy (non-hydrogen) atoms. The Kier molecular flexibility index (Phi) is 8.81. The van der Waals surface area contributed by atoms with E-state index in [1.54, 1.807) is 4.90 Å². The van der Waals surface area contributed by atoms with E-state index in [9.17, 15) is 9.59 Å². The van der Waals surface area contributed by atoms with Crippen LogP contribution in [0.15, 0.2) is 30.6 Å². The Morgan fingerprint density at radius 2 is 1.86 bits per heavy atom. The second-order valence-electron chi connectivity index (χ2n) is 10.3. The number of aromatic nitrogens is 2. The first-order valence-corrected chi connectivity index (χ1v) is 13.0. The van der Waals surface area contributed by atoms with Gasteiger partial charge in [0.05, 0.1) is 0 Å². The van der Waals surface area contributed by atoms with E-state index in [1.807, 2.05) is 45.0 Å². The van der Waals surface area contributed by atoms with Crippen LogP contribution in [0, 0.1) is 0 Å². The molecule has 0 bridgehead atoms. The monoisotopic (exact) mass is 511 g/mol. The third-order valence-electron chi connectivity index (χ3n) is 6.31. The van der Waals surface area contributed by atoms with E-state index < -0.39 is 5.60 Å². The van der Waals surface area contributed by atoms with Crippen LogP contribution in [0.1, 0.15) is 52.0 Å². The number of nitrogens with zero attached hydrogens (tertiary/aromatic N) is 4. The minimum Gasteiger partial charge on any atom is -0.474 e. The molecule has 3 aliphatic rings. The number of likely N-dealkylation sites (tertiary alicyclic amines) is 1. The average molecular weight is 512 g/mol. The number of nitrogens with one attached hydrogen (secondary N) is 1.